The molecule has 23 heavy (non-hydrogen) atoms. The molecule has 1 aromatic heterocycles. The average Bonchev–Trinajstić information content (AvgIpc) is 2.94. The summed E-state index contributed by atoms with van der Waals surface area (Å²) in [7, 11) is 1.63. The number of hydrogen-bond donors (Lipinski definition) is 2. The first kappa shape index (κ1) is 21.5. The van der Waals surface area contributed by atoms with E-state index in [9.17, 15) is 14.7 Å². The van der Waals surface area contributed by atoms with Crippen molar-refractivity contribution in [2.45, 2.75) is 66.2 Å². The molecular formula is C16H29N3O3S. The van der Waals surface area contributed by atoms with E-state index >= 15 is 0 Å². The number of aliphatic hydroxyl groups is 1. The van der Waals surface area contributed by atoms with E-state index in [4.69, 9.17) is 0 Å². The van der Waals surface area contributed by atoms with E-state index in [1.807, 2.05) is 19.2 Å². The summed E-state index contributed by atoms with van der Waals surface area (Å²) in [4.78, 5) is 29.3. The van der Waals surface area contributed by atoms with Gasteiger partial charge >= 0.3 is 6.03 Å². The summed E-state index contributed by atoms with van der Waals surface area (Å²) in [5.74, 6) is 0.0858. The third kappa shape index (κ3) is 7.09. The maximum absolute atomic E-state index is 12.0. The van der Waals surface area contributed by atoms with Crippen LogP contribution in [0.25, 0.3) is 0 Å². The quantitative estimate of drug-likeness (QED) is 0.832. The molecule has 1 aromatic rings. The van der Waals surface area contributed by atoms with Gasteiger partial charge in [-0.2, -0.15) is 0 Å². The Labute approximate surface area is 142 Å². The van der Waals surface area contributed by atoms with Crippen LogP contribution < -0.4 is 5.32 Å². The number of rotatable bonds is 6. The van der Waals surface area contributed by atoms with Gasteiger partial charge in [0.2, 0.25) is 0 Å². The van der Waals surface area contributed by atoms with Crippen LogP contribution in [0.1, 0.15) is 58.2 Å². The Hall–Kier alpha value is -1.47. The predicted molar refractivity (Wildman–Crippen MR) is 93.7 cm³/mol. The minimum Gasteiger partial charge on any atom is -0.391 e. The van der Waals surface area contributed by atoms with E-state index in [-0.39, 0.29) is 5.78 Å². The van der Waals surface area contributed by atoms with Gasteiger partial charge in [0, 0.05) is 18.3 Å². The monoisotopic (exact) mass is 343 g/mol. The molecule has 0 radical (unpaired) electrons. The lowest BCUT2D eigenvalue weighted by Crippen LogP contribution is -2.50. The highest BCUT2D eigenvalue weighted by molar-refractivity contribution is 7.09. The van der Waals surface area contributed by atoms with Crippen molar-refractivity contribution in [1.29, 1.82) is 0 Å². The number of hydrogen-bond acceptors (Lipinski definition) is 5. The van der Waals surface area contributed by atoms with Crippen molar-refractivity contribution in [3.63, 3.8) is 0 Å². The highest BCUT2D eigenvalue weighted by Crippen LogP contribution is 2.19. The van der Waals surface area contributed by atoms with Gasteiger partial charge < -0.3 is 15.3 Å². The number of nitrogens with one attached hydrogen (secondary N) is 1. The molecule has 2 N–H and O–H groups in total. The van der Waals surface area contributed by atoms with E-state index in [1.165, 1.54) is 18.7 Å². The molecule has 132 valence electrons. The fraction of sp³-hybridized carbons (Fsp3) is 0.688. The lowest BCUT2D eigenvalue weighted by molar-refractivity contribution is -0.121. The molecule has 0 saturated carbocycles. The van der Waals surface area contributed by atoms with E-state index in [1.54, 1.807) is 18.4 Å². The maximum atomic E-state index is 12.0. The molecule has 0 aliphatic rings. The highest BCUT2D eigenvalue weighted by atomic mass is 32.1. The Morgan fingerprint density at radius 1 is 1.35 bits per heavy atom. The summed E-state index contributed by atoms with van der Waals surface area (Å²) in [6.07, 6.45) is -0.924. The summed E-state index contributed by atoms with van der Waals surface area (Å²) >= 11 is 1.57. The number of thiazole rings is 1. The van der Waals surface area contributed by atoms with Crippen molar-refractivity contribution >= 4 is 23.2 Å². The molecule has 0 fully saturated rings. The summed E-state index contributed by atoms with van der Waals surface area (Å²) in [6.45, 7) is 11.3. The van der Waals surface area contributed by atoms with Crippen molar-refractivity contribution < 1.29 is 14.7 Å². The number of carbonyl (C=O) groups excluding carboxylic acids is 2. The van der Waals surface area contributed by atoms with Gasteiger partial charge in [-0.05, 0) is 13.8 Å². The van der Waals surface area contributed by atoms with Crippen molar-refractivity contribution in [2.75, 3.05) is 7.05 Å². The molecule has 0 aliphatic heterocycles. The van der Waals surface area contributed by atoms with Gasteiger partial charge in [-0.25, -0.2) is 9.78 Å². The summed E-state index contributed by atoms with van der Waals surface area (Å²) in [6, 6.07) is -1.29. The zero-order valence-electron chi connectivity index (χ0n) is 15.1. The van der Waals surface area contributed by atoms with Crippen molar-refractivity contribution in [1.82, 2.24) is 15.2 Å². The SMILES string of the molecule is CC.CC(=O)C(NC(=O)N(C)Cc1csc(C(C)C)n1)C(C)O. The van der Waals surface area contributed by atoms with Crippen LogP contribution >= 0.6 is 11.3 Å². The Morgan fingerprint density at radius 3 is 2.30 bits per heavy atom. The molecule has 1 rings (SSSR count). The van der Waals surface area contributed by atoms with Crippen LogP contribution in [-0.4, -0.2) is 46.0 Å². The minimum atomic E-state index is -0.924. The van der Waals surface area contributed by atoms with Crippen LogP contribution in [0.3, 0.4) is 0 Å². The van der Waals surface area contributed by atoms with E-state index in [0.717, 1.165) is 10.7 Å². The third-order valence-corrected chi connectivity index (χ3v) is 4.20. The Balaban J connectivity index is 0.00000232. The molecular weight excluding hydrogens is 314 g/mol. The summed E-state index contributed by atoms with van der Waals surface area (Å²) < 4.78 is 0. The fourth-order valence-corrected chi connectivity index (χ4v) is 2.61. The molecule has 2 atom stereocenters. The number of nitrogens with zero attached hydrogens (tertiary/aromatic N) is 2. The Bertz CT molecular complexity index is 501. The number of urea groups is 1. The molecule has 6 nitrogen and oxygen atoms in total. The first-order valence-electron chi connectivity index (χ1n) is 7.86. The van der Waals surface area contributed by atoms with Gasteiger partial charge in [0.25, 0.3) is 0 Å². The second-order valence-electron chi connectivity index (χ2n) is 5.47. The Morgan fingerprint density at radius 2 is 1.91 bits per heavy atom. The topological polar surface area (TPSA) is 82.5 Å². The van der Waals surface area contributed by atoms with Gasteiger partial charge in [0.15, 0.2) is 5.78 Å². The van der Waals surface area contributed by atoms with Crippen molar-refractivity contribution in [2.24, 2.45) is 0 Å². The zero-order valence-corrected chi connectivity index (χ0v) is 15.9. The van der Waals surface area contributed by atoms with Crippen LogP contribution in [0.2, 0.25) is 0 Å². The molecule has 2 amide bonds. The first-order chi connectivity index (χ1) is 10.7. The van der Waals surface area contributed by atoms with Crippen LogP contribution in [-0.2, 0) is 11.3 Å². The molecule has 0 spiro atoms. The van der Waals surface area contributed by atoms with Crippen molar-refractivity contribution in [3.05, 3.63) is 16.1 Å². The van der Waals surface area contributed by atoms with Crippen LogP contribution in [0.5, 0.6) is 0 Å². The normalized spacial score (nSPS) is 12.9. The average molecular weight is 343 g/mol. The number of amides is 2. The second kappa shape index (κ2) is 10.3. The molecule has 2 unspecified atom stereocenters. The van der Waals surface area contributed by atoms with Crippen LogP contribution in [0.4, 0.5) is 4.79 Å². The van der Waals surface area contributed by atoms with Gasteiger partial charge in [-0.15, -0.1) is 11.3 Å². The summed E-state index contributed by atoms with van der Waals surface area (Å²) in [5, 5.41) is 15.0. The van der Waals surface area contributed by atoms with Crippen LogP contribution in [0.15, 0.2) is 5.38 Å². The smallest absolute Gasteiger partial charge is 0.318 e. The second-order valence-corrected chi connectivity index (χ2v) is 6.36. The van der Waals surface area contributed by atoms with Gasteiger partial charge in [0.05, 0.1) is 23.4 Å². The first-order valence-corrected chi connectivity index (χ1v) is 8.74. The number of aliphatic hydroxyl groups excluding tert-OH is 1. The lowest BCUT2D eigenvalue weighted by Gasteiger charge is -2.23. The molecule has 1 heterocycles. The number of carbonyl (C=O) groups is 2. The van der Waals surface area contributed by atoms with E-state index < -0.39 is 18.2 Å². The van der Waals surface area contributed by atoms with Crippen molar-refractivity contribution in [3.8, 4) is 0 Å². The number of ketones is 1. The standard InChI is InChI=1S/C14H23N3O3S.C2H6/c1-8(2)13-15-11(7-21-13)6-17(5)14(20)16-12(9(3)18)10(4)19;1-2/h7-9,12,18H,6H2,1-5H3,(H,16,20);1-2H3. The third-order valence-electron chi connectivity index (χ3n) is 3.01. The van der Waals surface area contributed by atoms with E-state index in [2.05, 4.69) is 24.1 Å². The fourth-order valence-electron chi connectivity index (χ4n) is 1.78. The van der Waals surface area contributed by atoms with E-state index in [0.29, 0.717) is 12.5 Å². The van der Waals surface area contributed by atoms with Crippen LogP contribution in [0, 0.1) is 0 Å². The molecule has 0 saturated heterocycles. The number of aromatic nitrogens is 1. The number of Topliss-reactive ketones (excluding diaryl/α,β-unsaturated/α-hetero) is 1. The Kier molecular flexibility index (Phi) is 9.67. The minimum absolute atomic E-state index is 0.275. The zero-order chi connectivity index (χ0) is 18.2. The van der Waals surface area contributed by atoms with Gasteiger partial charge in [-0.3, -0.25) is 4.79 Å². The maximum Gasteiger partial charge on any atom is 0.318 e. The molecule has 0 bridgehead atoms. The molecule has 7 heteroatoms. The summed E-state index contributed by atoms with van der Waals surface area (Å²) in [5.41, 5.74) is 0.817. The predicted octanol–water partition coefficient (Wildman–Crippen LogP) is 2.77. The van der Waals surface area contributed by atoms with Gasteiger partial charge in [0.1, 0.15) is 6.04 Å². The largest absolute Gasteiger partial charge is 0.391 e. The molecule has 0 aliphatic carbocycles. The van der Waals surface area contributed by atoms with Gasteiger partial charge in [-0.1, -0.05) is 27.7 Å². The highest BCUT2D eigenvalue weighted by Gasteiger charge is 2.23. The molecule has 0 aromatic carbocycles. The lowest BCUT2D eigenvalue weighted by atomic mass is 10.1.